The molecule has 78 valence electrons. The van der Waals surface area contributed by atoms with E-state index in [4.69, 9.17) is 0 Å². The smallest absolute Gasteiger partial charge is 0.209 e. The van der Waals surface area contributed by atoms with Crippen molar-refractivity contribution in [3.05, 3.63) is 28.5 Å². The first-order chi connectivity index (χ1) is 7.25. The Balaban J connectivity index is 1.99. The summed E-state index contributed by atoms with van der Waals surface area (Å²) in [5.41, 5.74) is 1.01. The van der Waals surface area contributed by atoms with Crippen LogP contribution < -0.4 is 0 Å². The maximum Gasteiger partial charge on any atom is 0.209 e. The molecule has 0 aliphatic rings. The molecule has 2 aromatic rings. The minimum Gasteiger partial charge on any atom is -0.259 e. The maximum atomic E-state index is 4.26. The van der Waals surface area contributed by atoms with Crippen molar-refractivity contribution in [2.75, 3.05) is 0 Å². The molecule has 0 bridgehead atoms. The number of rotatable bonds is 3. The number of pyridine rings is 1. The molecule has 0 amide bonds. The third-order valence-corrected chi connectivity index (χ3v) is 3.23. The van der Waals surface area contributed by atoms with E-state index in [1.165, 1.54) is 0 Å². The Morgan fingerprint density at radius 3 is 2.93 bits per heavy atom. The summed E-state index contributed by atoms with van der Waals surface area (Å²) < 4.78 is 2.63. The van der Waals surface area contributed by atoms with Gasteiger partial charge in [-0.1, -0.05) is 11.8 Å². The van der Waals surface area contributed by atoms with Gasteiger partial charge in [-0.25, -0.2) is 4.68 Å². The van der Waals surface area contributed by atoms with E-state index >= 15 is 0 Å². The maximum absolute atomic E-state index is 4.26. The highest BCUT2D eigenvalue weighted by Crippen LogP contribution is 2.18. The van der Waals surface area contributed by atoms with Gasteiger partial charge in [0.25, 0.3) is 0 Å². The van der Waals surface area contributed by atoms with E-state index in [0.717, 1.165) is 21.1 Å². The van der Waals surface area contributed by atoms with Crippen molar-refractivity contribution < 1.29 is 0 Å². The minimum atomic E-state index is 0.765. The van der Waals surface area contributed by atoms with E-state index in [2.05, 4.69) is 36.4 Å². The monoisotopic (exact) mass is 285 g/mol. The van der Waals surface area contributed by atoms with Gasteiger partial charge < -0.3 is 0 Å². The average Bonchev–Trinajstić information content (AvgIpc) is 2.63. The van der Waals surface area contributed by atoms with E-state index < -0.39 is 0 Å². The van der Waals surface area contributed by atoms with Crippen LogP contribution in [-0.4, -0.2) is 25.2 Å². The summed E-state index contributed by atoms with van der Waals surface area (Å²) in [5, 5.41) is 12.0. The van der Waals surface area contributed by atoms with Gasteiger partial charge in [0, 0.05) is 23.5 Å². The summed E-state index contributed by atoms with van der Waals surface area (Å²) in [6, 6.07) is 3.94. The number of halogens is 1. The summed E-state index contributed by atoms with van der Waals surface area (Å²) in [6.07, 6.45) is 1.78. The SMILES string of the molecule is Cn1nnnc1SCc1ccc(Br)cn1. The highest BCUT2D eigenvalue weighted by molar-refractivity contribution is 9.10. The van der Waals surface area contributed by atoms with E-state index in [1.54, 1.807) is 22.6 Å². The lowest BCUT2D eigenvalue weighted by atomic mass is 10.4. The molecule has 5 nitrogen and oxygen atoms in total. The highest BCUT2D eigenvalue weighted by atomic mass is 79.9. The van der Waals surface area contributed by atoms with Gasteiger partial charge in [-0.05, 0) is 38.5 Å². The number of aryl methyl sites for hydroxylation is 1. The first kappa shape index (κ1) is 10.6. The third-order valence-electron chi connectivity index (χ3n) is 1.72. The molecule has 2 rings (SSSR count). The van der Waals surface area contributed by atoms with Gasteiger partial charge in [-0.15, -0.1) is 5.10 Å². The number of thioether (sulfide) groups is 1. The van der Waals surface area contributed by atoms with Gasteiger partial charge in [-0.2, -0.15) is 0 Å². The normalized spacial score (nSPS) is 10.5. The summed E-state index contributed by atoms with van der Waals surface area (Å²) in [5.74, 6) is 0.765. The molecule has 0 aliphatic carbocycles. The van der Waals surface area contributed by atoms with Crippen LogP contribution in [0.15, 0.2) is 28.0 Å². The zero-order chi connectivity index (χ0) is 10.7. The second-order valence-corrected chi connectivity index (χ2v) is 4.70. The first-order valence-electron chi connectivity index (χ1n) is 4.21. The molecule has 15 heavy (non-hydrogen) atoms. The van der Waals surface area contributed by atoms with Crippen molar-refractivity contribution in [2.45, 2.75) is 10.9 Å². The van der Waals surface area contributed by atoms with Crippen LogP contribution in [0.2, 0.25) is 0 Å². The van der Waals surface area contributed by atoms with E-state index in [0.29, 0.717) is 0 Å². The molecule has 0 aromatic carbocycles. The number of aromatic nitrogens is 5. The molecule has 2 heterocycles. The van der Waals surface area contributed by atoms with Gasteiger partial charge in [0.15, 0.2) is 0 Å². The molecule has 0 atom stereocenters. The van der Waals surface area contributed by atoms with E-state index in [-0.39, 0.29) is 0 Å². The van der Waals surface area contributed by atoms with Crippen LogP contribution in [0.5, 0.6) is 0 Å². The van der Waals surface area contributed by atoms with Crippen molar-refractivity contribution in [2.24, 2.45) is 7.05 Å². The fourth-order valence-electron chi connectivity index (χ4n) is 0.974. The lowest BCUT2D eigenvalue weighted by Gasteiger charge is -1.99. The highest BCUT2D eigenvalue weighted by Gasteiger charge is 2.03. The average molecular weight is 286 g/mol. The topological polar surface area (TPSA) is 56.5 Å². The second-order valence-electron chi connectivity index (χ2n) is 2.84. The van der Waals surface area contributed by atoms with Crippen molar-refractivity contribution in [1.29, 1.82) is 0 Å². The Bertz CT molecular complexity index is 441. The van der Waals surface area contributed by atoms with Crippen LogP contribution in [0.4, 0.5) is 0 Å². The van der Waals surface area contributed by atoms with Crippen molar-refractivity contribution >= 4 is 27.7 Å². The lowest BCUT2D eigenvalue weighted by Crippen LogP contribution is -1.94. The Hall–Kier alpha value is -0.950. The van der Waals surface area contributed by atoms with Crippen molar-refractivity contribution in [3.8, 4) is 0 Å². The molecule has 0 spiro atoms. The fourth-order valence-corrected chi connectivity index (χ4v) is 1.97. The molecule has 0 radical (unpaired) electrons. The molecule has 0 N–H and O–H groups in total. The van der Waals surface area contributed by atoms with E-state index in [9.17, 15) is 0 Å². The standard InChI is InChI=1S/C8H8BrN5S/c1-14-8(11-12-13-14)15-5-7-3-2-6(9)4-10-7/h2-4H,5H2,1H3. The number of hydrogen-bond acceptors (Lipinski definition) is 5. The predicted octanol–water partition coefficient (Wildman–Crippen LogP) is 1.66. The van der Waals surface area contributed by atoms with Gasteiger partial charge in [0.1, 0.15) is 0 Å². The minimum absolute atomic E-state index is 0.765. The Morgan fingerprint density at radius 2 is 2.33 bits per heavy atom. The number of hydrogen-bond donors (Lipinski definition) is 0. The largest absolute Gasteiger partial charge is 0.259 e. The third kappa shape index (κ3) is 2.75. The Morgan fingerprint density at radius 1 is 1.47 bits per heavy atom. The Labute approximate surface area is 99.4 Å². The van der Waals surface area contributed by atoms with Gasteiger partial charge in [0.05, 0.1) is 5.69 Å². The van der Waals surface area contributed by atoms with Crippen LogP contribution in [-0.2, 0) is 12.8 Å². The van der Waals surface area contributed by atoms with Gasteiger partial charge >= 0.3 is 0 Å². The molecule has 7 heteroatoms. The summed E-state index contributed by atoms with van der Waals surface area (Å²) in [6.45, 7) is 0. The van der Waals surface area contributed by atoms with Gasteiger partial charge in [-0.3, -0.25) is 4.98 Å². The number of nitrogens with zero attached hydrogens (tertiary/aromatic N) is 5. The van der Waals surface area contributed by atoms with Crippen molar-refractivity contribution in [3.63, 3.8) is 0 Å². The molecular weight excluding hydrogens is 278 g/mol. The molecular formula is C8H8BrN5S. The zero-order valence-electron chi connectivity index (χ0n) is 7.96. The quantitative estimate of drug-likeness (QED) is 0.803. The van der Waals surface area contributed by atoms with Crippen LogP contribution >= 0.6 is 27.7 Å². The summed E-state index contributed by atoms with van der Waals surface area (Å²) in [4.78, 5) is 4.26. The predicted molar refractivity (Wildman–Crippen MR) is 60.3 cm³/mol. The zero-order valence-corrected chi connectivity index (χ0v) is 10.4. The molecule has 2 aromatic heterocycles. The lowest BCUT2D eigenvalue weighted by molar-refractivity contribution is 0.664. The summed E-state index contributed by atoms with van der Waals surface area (Å²) >= 11 is 4.90. The molecule has 0 aliphatic heterocycles. The van der Waals surface area contributed by atoms with Crippen molar-refractivity contribution in [1.82, 2.24) is 25.2 Å². The summed E-state index contributed by atoms with van der Waals surface area (Å²) in [7, 11) is 1.82. The van der Waals surface area contributed by atoms with Crippen LogP contribution in [0, 0.1) is 0 Å². The van der Waals surface area contributed by atoms with Gasteiger partial charge in [0.2, 0.25) is 5.16 Å². The second kappa shape index (κ2) is 4.71. The Kier molecular flexibility index (Phi) is 3.32. The van der Waals surface area contributed by atoms with E-state index in [1.807, 2.05) is 19.2 Å². The molecule has 0 saturated carbocycles. The number of tetrazole rings is 1. The fraction of sp³-hybridized carbons (Fsp3) is 0.250. The molecule has 0 unspecified atom stereocenters. The first-order valence-corrected chi connectivity index (χ1v) is 5.99. The molecule has 0 fully saturated rings. The van der Waals surface area contributed by atoms with Crippen LogP contribution in [0.25, 0.3) is 0 Å². The van der Waals surface area contributed by atoms with Crippen LogP contribution in [0.3, 0.4) is 0 Å². The molecule has 0 saturated heterocycles. The van der Waals surface area contributed by atoms with Crippen LogP contribution in [0.1, 0.15) is 5.69 Å².